The largest absolute Gasteiger partial charge is 0.508 e. The van der Waals surface area contributed by atoms with Gasteiger partial charge in [0.05, 0.1) is 24.8 Å². The van der Waals surface area contributed by atoms with E-state index < -0.39 is 11.9 Å². The third kappa shape index (κ3) is 3.98. The Morgan fingerprint density at radius 3 is 2.54 bits per heavy atom. The first kappa shape index (κ1) is 17.2. The molecule has 2 rings (SSSR count). The zero-order valence-electron chi connectivity index (χ0n) is 13.2. The standard InChI is InChI=1S/C18H17NO5/c1-3-12-10-19-11-16(18(22)23-2)15(12)8-9-24-17(21)13-4-6-14(20)7-5-13/h3-7,10-11,20H,1,8-9H2,2H3. The second kappa shape index (κ2) is 7.92. The molecule has 0 spiro atoms. The van der Waals surface area contributed by atoms with Gasteiger partial charge >= 0.3 is 11.9 Å². The number of ether oxygens (including phenoxy) is 2. The fraction of sp³-hybridized carbons (Fsp3) is 0.167. The van der Waals surface area contributed by atoms with Crippen LogP contribution in [0, 0.1) is 0 Å². The van der Waals surface area contributed by atoms with Gasteiger partial charge in [0.25, 0.3) is 0 Å². The number of hydrogen-bond acceptors (Lipinski definition) is 6. The quantitative estimate of drug-likeness (QED) is 0.821. The maximum Gasteiger partial charge on any atom is 0.339 e. The van der Waals surface area contributed by atoms with E-state index in [0.717, 1.165) is 0 Å². The average Bonchev–Trinajstić information content (AvgIpc) is 2.61. The number of carbonyl (C=O) groups excluding carboxylic acids is 2. The third-order valence-corrected chi connectivity index (χ3v) is 3.40. The summed E-state index contributed by atoms with van der Waals surface area (Å²) in [6, 6.07) is 5.76. The second-order valence-electron chi connectivity index (χ2n) is 4.88. The molecule has 0 amide bonds. The molecule has 0 aliphatic rings. The lowest BCUT2D eigenvalue weighted by atomic mass is 10.0. The molecule has 1 aromatic carbocycles. The van der Waals surface area contributed by atoms with Crippen LogP contribution in [0.5, 0.6) is 5.75 Å². The second-order valence-corrected chi connectivity index (χ2v) is 4.88. The molecular formula is C18H17NO5. The van der Waals surface area contributed by atoms with Crippen LogP contribution < -0.4 is 0 Å². The Hall–Kier alpha value is -3.15. The van der Waals surface area contributed by atoms with Crippen LogP contribution in [0.4, 0.5) is 0 Å². The van der Waals surface area contributed by atoms with E-state index in [4.69, 9.17) is 9.47 Å². The molecule has 0 bridgehead atoms. The first-order valence-electron chi connectivity index (χ1n) is 7.20. The monoisotopic (exact) mass is 327 g/mol. The first-order chi connectivity index (χ1) is 11.6. The molecule has 0 radical (unpaired) electrons. The molecule has 6 nitrogen and oxygen atoms in total. The van der Waals surface area contributed by atoms with Crippen LogP contribution >= 0.6 is 0 Å². The topological polar surface area (TPSA) is 85.7 Å². The number of hydrogen-bond donors (Lipinski definition) is 1. The van der Waals surface area contributed by atoms with Crippen molar-refractivity contribution < 1.29 is 24.2 Å². The zero-order valence-corrected chi connectivity index (χ0v) is 13.2. The smallest absolute Gasteiger partial charge is 0.339 e. The molecule has 24 heavy (non-hydrogen) atoms. The van der Waals surface area contributed by atoms with E-state index in [-0.39, 0.29) is 12.4 Å². The molecule has 1 N–H and O–H groups in total. The maximum atomic E-state index is 11.9. The number of benzene rings is 1. The molecular weight excluding hydrogens is 310 g/mol. The summed E-state index contributed by atoms with van der Waals surface area (Å²) in [5.74, 6) is -0.948. The van der Waals surface area contributed by atoms with Crippen molar-refractivity contribution >= 4 is 18.0 Å². The van der Waals surface area contributed by atoms with Crippen molar-refractivity contribution in [3.8, 4) is 5.75 Å². The molecule has 0 aliphatic heterocycles. The highest BCUT2D eigenvalue weighted by Crippen LogP contribution is 2.17. The van der Waals surface area contributed by atoms with Crippen molar-refractivity contribution in [2.24, 2.45) is 0 Å². The molecule has 0 saturated carbocycles. The predicted molar refractivity (Wildman–Crippen MR) is 87.8 cm³/mol. The molecule has 0 saturated heterocycles. The van der Waals surface area contributed by atoms with Crippen LogP contribution in [-0.4, -0.2) is 35.7 Å². The average molecular weight is 327 g/mol. The summed E-state index contributed by atoms with van der Waals surface area (Å²) in [5.41, 5.74) is 1.99. The van der Waals surface area contributed by atoms with Gasteiger partial charge in [0.1, 0.15) is 5.75 Å². The van der Waals surface area contributed by atoms with Crippen LogP contribution in [0.1, 0.15) is 31.8 Å². The summed E-state index contributed by atoms with van der Waals surface area (Å²) in [5, 5.41) is 9.22. The van der Waals surface area contributed by atoms with E-state index in [9.17, 15) is 14.7 Å². The number of nitrogens with zero attached hydrogens (tertiary/aromatic N) is 1. The lowest BCUT2D eigenvalue weighted by Crippen LogP contribution is -2.13. The number of phenols is 1. The van der Waals surface area contributed by atoms with Crippen molar-refractivity contribution in [1.29, 1.82) is 0 Å². The Morgan fingerprint density at radius 1 is 1.21 bits per heavy atom. The van der Waals surface area contributed by atoms with E-state index in [1.165, 1.54) is 37.6 Å². The number of esters is 2. The van der Waals surface area contributed by atoms with Gasteiger partial charge in [-0.3, -0.25) is 4.98 Å². The number of methoxy groups -OCH3 is 1. The van der Waals surface area contributed by atoms with Gasteiger partial charge in [0.2, 0.25) is 0 Å². The summed E-state index contributed by atoms with van der Waals surface area (Å²) >= 11 is 0. The molecule has 0 fully saturated rings. The van der Waals surface area contributed by atoms with Crippen LogP contribution in [0.15, 0.2) is 43.2 Å². The minimum absolute atomic E-state index is 0.0710. The van der Waals surface area contributed by atoms with Crippen molar-refractivity contribution in [3.05, 3.63) is 65.5 Å². The van der Waals surface area contributed by atoms with Gasteiger partial charge in [0, 0.05) is 18.8 Å². The highest BCUT2D eigenvalue weighted by atomic mass is 16.5. The lowest BCUT2D eigenvalue weighted by molar-refractivity contribution is 0.0509. The highest BCUT2D eigenvalue weighted by molar-refractivity contribution is 5.92. The van der Waals surface area contributed by atoms with Crippen molar-refractivity contribution in [2.45, 2.75) is 6.42 Å². The van der Waals surface area contributed by atoms with Gasteiger partial charge in [0.15, 0.2) is 0 Å². The summed E-state index contributed by atoms with van der Waals surface area (Å²) < 4.78 is 9.95. The summed E-state index contributed by atoms with van der Waals surface area (Å²) in [6.45, 7) is 3.77. The maximum absolute atomic E-state index is 11.9. The van der Waals surface area contributed by atoms with E-state index in [2.05, 4.69) is 11.6 Å². The molecule has 1 heterocycles. The Morgan fingerprint density at radius 2 is 1.92 bits per heavy atom. The van der Waals surface area contributed by atoms with E-state index in [1.54, 1.807) is 12.3 Å². The molecule has 0 unspecified atom stereocenters. The number of carbonyl (C=O) groups is 2. The summed E-state index contributed by atoms with van der Waals surface area (Å²) in [7, 11) is 1.29. The van der Waals surface area contributed by atoms with Crippen molar-refractivity contribution in [1.82, 2.24) is 4.98 Å². The van der Waals surface area contributed by atoms with Crippen molar-refractivity contribution in [3.63, 3.8) is 0 Å². The van der Waals surface area contributed by atoms with Crippen molar-refractivity contribution in [2.75, 3.05) is 13.7 Å². The number of aromatic nitrogens is 1. The lowest BCUT2D eigenvalue weighted by Gasteiger charge is -2.11. The number of rotatable bonds is 6. The summed E-state index contributed by atoms with van der Waals surface area (Å²) in [6.07, 6.45) is 4.89. The number of phenolic OH excluding ortho intramolecular Hbond substituents is 1. The Balaban J connectivity index is 2.08. The zero-order chi connectivity index (χ0) is 17.5. The molecule has 0 aliphatic carbocycles. The fourth-order valence-corrected chi connectivity index (χ4v) is 2.17. The minimum Gasteiger partial charge on any atom is -0.508 e. The number of aromatic hydroxyl groups is 1. The van der Waals surface area contributed by atoms with Gasteiger partial charge in [-0.2, -0.15) is 0 Å². The van der Waals surface area contributed by atoms with Gasteiger partial charge in [-0.05, 0) is 35.4 Å². The Bertz CT molecular complexity index is 753. The van der Waals surface area contributed by atoms with Crippen LogP contribution in [0.3, 0.4) is 0 Å². The minimum atomic E-state index is -0.510. The van der Waals surface area contributed by atoms with Gasteiger partial charge in [-0.15, -0.1) is 0 Å². The number of pyridine rings is 1. The van der Waals surface area contributed by atoms with Gasteiger partial charge < -0.3 is 14.6 Å². The molecule has 0 atom stereocenters. The summed E-state index contributed by atoms with van der Waals surface area (Å²) in [4.78, 5) is 27.8. The van der Waals surface area contributed by atoms with E-state index >= 15 is 0 Å². The third-order valence-electron chi connectivity index (χ3n) is 3.40. The first-order valence-corrected chi connectivity index (χ1v) is 7.20. The SMILES string of the molecule is C=Cc1cncc(C(=O)OC)c1CCOC(=O)c1ccc(O)cc1. The highest BCUT2D eigenvalue weighted by Gasteiger charge is 2.16. The Labute approximate surface area is 139 Å². The van der Waals surface area contributed by atoms with E-state index in [1.807, 2.05) is 0 Å². The van der Waals surface area contributed by atoms with Crippen LogP contribution in [0.25, 0.3) is 6.08 Å². The molecule has 124 valence electrons. The normalized spacial score (nSPS) is 10.0. The van der Waals surface area contributed by atoms with Gasteiger partial charge in [-0.1, -0.05) is 12.7 Å². The van der Waals surface area contributed by atoms with Crippen LogP contribution in [-0.2, 0) is 15.9 Å². The molecule has 1 aromatic heterocycles. The van der Waals surface area contributed by atoms with Gasteiger partial charge in [-0.25, -0.2) is 9.59 Å². The van der Waals surface area contributed by atoms with E-state index in [0.29, 0.717) is 28.7 Å². The Kier molecular flexibility index (Phi) is 5.68. The van der Waals surface area contributed by atoms with Crippen LogP contribution in [0.2, 0.25) is 0 Å². The predicted octanol–water partition coefficient (Wildman–Crippen LogP) is 2.62. The molecule has 6 heteroatoms. The fourth-order valence-electron chi connectivity index (χ4n) is 2.17. The molecule has 2 aromatic rings.